The van der Waals surface area contributed by atoms with E-state index in [1.165, 1.54) is 71.7 Å². The lowest BCUT2D eigenvalue weighted by Gasteiger charge is -2.57. The smallest absolute Gasteiger partial charge is 0.232 e. The molecular weight excluding hydrogens is 516 g/mol. The minimum atomic E-state index is -0.879. The number of benzene rings is 1. The lowest BCUT2D eigenvalue weighted by Crippen LogP contribution is -2.66. The third-order valence-electron chi connectivity index (χ3n) is 11.5. The molecule has 2 N–H and O–H groups in total. The van der Waals surface area contributed by atoms with Gasteiger partial charge in [0.05, 0.1) is 11.6 Å². The number of para-hydroxylation sites is 1. The van der Waals surface area contributed by atoms with Crippen LogP contribution in [0.25, 0.3) is 27.4 Å². The molecule has 0 saturated carbocycles. The molecule has 5 nitrogen and oxygen atoms in total. The van der Waals surface area contributed by atoms with Gasteiger partial charge in [-0.3, -0.25) is 4.90 Å². The van der Waals surface area contributed by atoms with Crippen molar-refractivity contribution >= 4 is 27.4 Å². The minimum Gasteiger partial charge on any atom is -0.384 e. The SMILES string of the molecule is C[n+]1ccc2c([nH]c3ccccc32)c1C1=C[C@@]2(O)CC/C=C\CCCCN3CC[C@@H]1[C@]1(C[C@@H]4/C=C\CCCCN4[C@H]12)C3. The summed E-state index contributed by atoms with van der Waals surface area (Å²) < 4.78 is 2.33. The summed E-state index contributed by atoms with van der Waals surface area (Å²) in [6, 6.07) is 11.5. The average Bonchev–Trinajstić information content (AvgIpc) is 3.49. The second kappa shape index (κ2) is 10.5. The molecule has 4 aliphatic heterocycles. The molecule has 1 aliphatic carbocycles. The Bertz CT molecular complexity index is 1580. The molecule has 1 aromatic carbocycles. The maximum atomic E-state index is 13.2. The van der Waals surface area contributed by atoms with Crippen molar-refractivity contribution < 1.29 is 9.67 Å². The molecule has 2 aromatic heterocycles. The fourth-order valence-corrected chi connectivity index (χ4v) is 9.90. The van der Waals surface area contributed by atoms with Gasteiger partial charge < -0.3 is 15.0 Å². The predicted octanol–water partition coefficient (Wildman–Crippen LogP) is 6.29. The monoisotopic (exact) mass is 563 g/mol. The van der Waals surface area contributed by atoms with Crippen molar-refractivity contribution in [2.45, 2.75) is 81.9 Å². The Balaban J connectivity index is 1.37. The number of aromatic nitrogens is 2. The van der Waals surface area contributed by atoms with Crippen LogP contribution in [0.1, 0.15) is 69.9 Å². The minimum absolute atomic E-state index is 0.0232. The molecule has 2 fully saturated rings. The van der Waals surface area contributed by atoms with Crippen molar-refractivity contribution in [2.24, 2.45) is 18.4 Å². The van der Waals surface area contributed by atoms with E-state index in [1.54, 1.807) is 0 Å². The van der Waals surface area contributed by atoms with Crippen LogP contribution in [-0.4, -0.2) is 63.8 Å². The van der Waals surface area contributed by atoms with Gasteiger partial charge >= 0.3 is 0 Å². The maximum absolute atomic E-state index is 13.2. The Morgan fingerprint density at radius 1 is 0.929 bits per heavy atom. The Hall–Kier alpha value is -2.73. The summed E-state index contributed by atoms with van der Waals surface area (Å²) in [6.07, 6.45) is 25.7. The number of hydrogen-bond acceptors (Lipinski definition) is 3. The first-order chi connectivity index (χ1) is 20.6. The fraction of sp³-hybridized carbons (Fsp3) is 0.541. The van der Waals surface area contributed by atoms with Gasteiger partial charge in [0, 0.05) is 51.8 Å². The van der Waals surface area contributed by atoms with Crippen molar-refractivity contribution in [3.05, 3.63) is 72.6 Å². The highest BCUT2D eigenvalue weighted by molar-refractivity contribution is 6.09. The average molecular weight is 564 g/mol. The van der Waals surface area contributed by atoms with E-state index in [1.807, 2.05) is 0 Å². The molecule has 220 valence electrons. The number of piperidine rings is 1. The van der Waals surface area contributed by atoms with Crippen LogP contribution in [0.2, 0.25) is 0 Å². The summed E-state index contributed by atoms with van der Waals surface area (Å²) in [5, 5.41) is 15.7. The van der Waals surface area contributed by atoms with Crippen LogP contribution in [0.4, 0.5) is 0 Å². The highest BCUT2D eigenvalue weighted by Crippen LogP contribution is 2.61. The molecule has 42 heavy (non-hydrogen) atoms. The quantitative estimate of drug-likeness (QED) is 0.270. The molecule has 8 rings (SSSR count). The Kier molecular flexibility index (Phi) is 6.69. The van der Waals surface area contributed by atoms with Gasteiger partial charge in [-0.1, -0.05) is 42.5 Å². The highest BCUT2D eigenvalue weighted by atomic mass is 16.3. The van der Waals surface area contributed by atoms with Crippen LogP contribution >= 0.6 is 0 Å². The van der Waals surface area contributed by atoms with Crippen molar-refractivity contribution in [1.82, 2.24) is 14.8 Å². The van der Waals surface area contributed by atoms with Crippen LogP contribution in [0.3, 0.4) is 0 Å². The molecular formula is C37H47N4O+. The number of hydrogen-bond donors (Lipinski definition) is 2. The molecule has 3 bridgehead atoms. The van der Waals surface area contributed by atoms with Crippen LogP contribution in [-0.2, 0) is 7.05 Å². The first-order valence-electron chi connectivity index (χ1n) is 16.7. The number of nitrogens with zero attached hydrogens (tertiary/aromatic N) is 3. The van der Waals surface area contributed by atoms with Crippen molar-refractivity contribution in [1.29, 1.82) is 0 Å². The van der Waals surface area contributed by atoms with Gasteiger partial charge in [0.25, 0.3) is 0 Å². The van der Waals surface area contributed by atoms with E-state index < -0.39 is 5.60 Å². The number of fused-ring (bicyclic) bond motifs is 5. The van der Waals surface area contributed by atoms with Gasteiger partial charge in [0.2, 0.25) is 5.69 Å². The Morgan fingerprint density at radius 2 is 1.76 bits per heavy atom. The summed E-state index contributed by atoms with van der Waals surface area (Å²) in [4.78, 5) is 9.38. The third-order valence-corrected chi connectivity index (χ3v) is 11.5. The molecule has 5 heteroatoms. The zero-order valence-corrected chi connectivity index (χ0v) is 25.3. The molecule has 5 aliphatic rings. The number of allylic oxidation sites excluding steroid dienone is 4. The molecule has 2 saturated heterocycles. The number of aryl methyl sites for hydroxylation is 1. The van der Waals surface area contributed by atoms with E-state index in [2.05, 4.69) is 93.3 Å². The lowest BCUT2D eigenvalue weighted by atomic mass is 9.54. The van der Waals surface area contributed by atoms with E-state index in [4.69, 9.17) is 0 Å². The number of H-pyrrole nitrogens is 1. The van der Waals surface area contributed by atoms with Gasteiger partial charge in [-0.15, -0.1) is 0 Å². The molecule has 6 atom stereocenters. The summed E-state index contributed by atoms with van der Waals surface area (Å²) in [5.41, 5.74) is 4.20. The number of aliphatic hydroxyl groups is 1. The predicted molar refractivity (Wildman–Crippen MR) is 171 cm³/mol. The van der Waals surface area contributed by atoms with Gasteiger partial charge in [0.1, 0.15) is 12.6 Å². The largest absolute Gasteiger partial charge is 0.384 e. The van der Waals surface area contributed by atoms with Crippen molar-refractivity contribution in [3.8, 4) is 0 Å². The molecule has 1 unspecified atom stereocenters. The van der Waals surface area contributed by atoms with E-state index in [0.717, 1.165) is 51.7 Å². The van der Waals surface area contributed by atoms with Gasteiger partial charge in [-0.25, -0.2) is 0 Å². The zero-order chi connectivity index (χ0) is 28.3. The number of aromatic amines is 1. The van der Waals surface area contributed by atoms with E-state index in [-0.39, 0.29) is 11.5 Å². The standard InChI is InChI=1S/C37H46N4O/c1-39-22-17-29-28-15-9-10-16-32(28)38-33(29)34(39)30-25-37(42)19-11-5-2-3-6-12-20-40-23-18-31(30)36(26-40)24-27-14-8-4-7-13-21-41(27)35(36)37/h2,5,8-10,14-17,22,25,27,31,35,42H,3-4,6-7,11-13,18-21,23-24,26H2,1H3/p+1/b5-2-,14-8-/t27-,31-,35+,36-,37-/m0/s1. The fourth-order valence-electron chi connectivity index (χ4n) is 9.90. The van der Waals surface area contributed by atoms with Gasteiger partial charge in [0.15, 0.2) is 6.20 Å². The van der Waals surface area contributed by atoms with Gasteiger partial charge in [-0.2, -0.15) is 4.57 Å². The highest BCUT2D eigenvalue weighted by Gasteiger charge is 2.66. The van der Waals surface area contributed by atoms with E-state index in [9.17, 15) is 5.11 Å². The summed E-state index contributed by atoms with van der Waals surface area (Å²) >= 11 is 0. The second-order valence-electron chi connectivity index (χ2n) is 14.0. The summed E-state index contributed by atoms with van der Waals surface area (Å²) in [5.74, 6) is 0.421. The Labute approximate surface area is 250 Å². The normalized spacial score (nSPS) is 37.0. The van der Waals surface area contributed by atoms with Crippen LogP contribution in [0.5, 0.6) is 0 Å². The number of pyridine rings is 1. The second-order valence-corrected chi connectivity index (χ2v) is 14.0. The first-order valence-corrected chi connectivity index (χ1v) is 16.7. The molecule has 0 amide bonds. The van der Waals surface area contributed by atoms with Crippen LogP contribution in [0, 0.1) is 11.3 Å². The summed E-state index contributed by atoms with van der Waals surface area (Å²) in [6.45, 7) is 4.53. The summed E-state index contributed by atoms with van der Waals surface area (Å²) in [7, 11) is 2.20. The zero-order valence-electron chi connectivity index (χ0n) is 25.3. The number of nitrogens with one attached hydrogen (secondary N) is 1. The lowest BCUT2D eigenvalue weighted by molar-refractivity contribution is -0.672. The molecule has 6 heterocycles. The molecule has 1 spiro atoms. The van der Waals surface area contributed by atoms with E-state index >= 15 is 0 Å². The topological polar surface area (TPSA) is 46.4 Å². The van der Waals surface area contributed by atoms with E-state index in [0.29, 0.717) is 12.0 Å². The maximum Gasteiger partial charge on any atom is 0.232 e. The molecule has 3 aromatic rings. The first kappa shape index (κ1) is 26.9. The molecule has 0 radical (unpaired) electrons. The van der Waals surface area contributed by atoms with Crippen LogP contribution < -0.4 is 4.57 Å². The Morgan fingerprint density at radius 3 is 2.69 bits per heavy atom. The van der Waals surface area contributed by atoms with Gasteiger partial charge in [-0.05, 0) is 96.0 Å². The van der Waals surface area contributed by atoms with Crippen molar-refractivity contribution in [3.63, 3.8) is 0 Å². The number of rotatable bonds is 1. The van der Waals surface area contributed by atoms with Crippen LogP contribution in [0.15, 0.2) is 66.9 Å². The third kappa shape index (κ3) is 4.18. The van der Waals surface area contributed by atoms with Crippen molar-refractivity contribution in [2.75, 3.05) is 26.2 Å².